The molecule has 0 aliphatic rings. The topological polar surface area (TPSA) is 3.24 Å². The molecule has 0 fully saturated rings. The molecule has 0 radical (unpaired) electrons. The first kappa shape index (κ1) is 30.8. The van der Waals surface area contributed by atoms with E-state index in [-0.39, 0.29) is 0 Å². The number of anilines is 3. The molecular formula is C52H33NS. The Morgan fingerprint density at radius 3 is 1.67 bits per heavy atom. The van der Waals surface area contributed by atoms with Gasteiger partial charge >= 0.3 is 0 Å². The van der Waals surface area contributed by atoms with E-state index >= 15 is 0 Å². The maximum absolute atomic E-state index is 2.44. The van der Waals surface area contributed by atoms with Crippen molar-refractivity contribution in [2.75, 3.05) is 4.90 Å². The largest absolute Gasteiger partial charge is 0.310 e. The zero-order valence-corrected chi connectivity index (χ0v) is 30.2. The Balaban J connectivity index is 1.12. The van der Waals surface area contributed by atoms with Gasteiger partial charge in [-0.3, -0.25) is 0 Å². The van der Waals surface area contributed by atoms with Crippen LogP contribution in [-0.4, -0.2) is 0 Å². The molecule has 0 unspecified atom stereocenters. The van der Waals surface area contributed by atoms with Crippen LogP contribution in [0.1, 0.15) is 0 Å². The minimum absolute atomic E-state index is 1.12. The Labute approximate surface area is 317 Å². The van der Waals surface area contributed by atoms with Crippen molar-refractivity contribution in [3.8, 4) is 22.3 Å². The molecule has 11 aromatic rings. The van der Waals surface area contributed by atoms with E-state index in [1.807, 2.05) is 11.3 Å². The second-order valence-corrected chi connectivity index (χ2v) is 15.2. The van der Waals surface area contributed by atoms with E-state index in [0.29, 0.717) is 0 Å². The minimum Gasteiger partial charge on any atom is -0.310 e. The normalized spacial score (nSPS) is 11.7. The van der Waals surface area contributed by atoms with Gasteiger partial charge in [-0.1, -0.05) is 152 Å². The van der Waals surface area contributed by atoms with Gasteiger partial charge < -0.3 is 4.90 Å². The van der Waals surface area contributed by atoms with Crippen molar-refractivity contribution in [2.24, 2.45) is 0 Å². The number of rotatable bonds is 5. The summed E-state index contributed by atoms with van der Waals surface area (Å²) >= 11 is 1.86. The standard InChI is InChI=1S/C52H33NS/c1-2-10-34(11-3-1)35-28-30-42(31-29-35)53(47-17-9-19-49-52(47)45-16-6-7-18-48(45)54-49)43-14-8-13-40(32-43)41-27-22-37-21-24-39-26-25-38-23-20-36-12-4-5-15-44(36)50(38)51(39)46(37)33-41/h1-33H. The van der Waals surface area contributed by atoms with E-state index in [2.05, 4.69) is 205 Å². The van der Waals surface area contributed by atoms with Gasteiger partial charge in [-0.2, -0.15) is 0 Å². The van der Waals surface area contributed by atoms with Gasteiger partial charge in [-0.15, -0.1) is 11.3 Å². The molecule has 1 heterocycles. The zero-order chi connectivity index (χ0) is 35.6. The van der Waals surface area contributed by atoms with Gasteiger partial charge in [-0.05, 0) is 114 Å². The molecule has 54 heavy (non-hydrogen) atoms. The number of thiophene rings is 1. The molecule has 1 aromatic heterocycles. The highest BCUT2D eigenvalue weighted by Crippen LogP contribution is 2.46. The fourth-order valence-corrected chi connectivity index (χ4v) is 9.57. The molecule has 0 saturated carbocycles. The van der Waals surface area contributed by atoms with E-state index in [1.165, 1.54) is 91.2 Å². The minimum atomic E-state index is 1.12. The van der Waals surface area contributed by atoms with Crippen LogP contribution in [0, 0.1) is 0 Å². The Hall–Kier alpha value is -6.74. The van der Waals surface area contributed by atoms with E-state index in [1.54, 1.807) is 0 Å². The monoisotopic (exact) mass is 703 g/mol. The molecule has 0 bridgehead atoms. The molecular weight excluding hydrogens is 671 g/mol. The van der Waals surface area contributed by atoms with Crippen LogP contribution in [0.4, 0.5) is 17.1 Å². The first-order valence-electron chi connectivity index (χ1n) is 18.5. The van der Waals surface area contributed by atoms with Crippen molar-refractivity contribution >= 4 is 91.7 Å². The van der Waals surface area contributed by atoms with Crippen LogP contribution >= 0.6 is 11.3 Å². The van der Waals surface area contributed by atoms with Crippen LogP contribution < -0.4 is 4.90 Å². The highest BCUT2D eigenvalue weighted by Gasteiger charge is 2.19. The molecule has 0 amide bonds. The third kappa shape index (κ3) is 4.99. The van der Waals surface area contributed by atoms with Gasteiger partial charge in [-0.25, -0.2) is 0 Å². The summed E-state index contributed by atoms with van der Waals surface area (Å²) in [6.07, 6.45) is 0. The lowest BCUT2D eigenvalue weighted by molar-refractivity contribution is 1.30. The van der Waals surface area contributed by atoms with Gasteiger partial charge in [0.1, 0.15) is 0 Å². The maximum atomic E-state index is 2.44. The molecule has 0 aliphatic carbocycles. The van der Waals surface area contributed by atoms with Crippen LogP contribution in [0.25, 0.3) is 85.5 Å². The average molecular weight is 704 g/mol. The first-order chi connectivity index (χ1) is 26.8. The lowest BCUT2D eigenvalue weighted by atomic mass is 9.91. The fourth-order valence-electron chi connectivity index (χ4n) is 8.45. The number of fused-ring (bicyclic) bond motifs is 10. The van der Waals surface area contributed by atoms with Gasteiger partial charge in [0.05, 0.1) is 5.69 Å². The highest BCUT2D eigenvalue weighted by molar-refractivity contribution is 7.26. The Kier molecular flexibility index (Phi) is 7.11. The summed E-state index contributed by atoms with van der Waals surface area (Å²) < 4.78 is 2.59. The highest BCUT2D eigenvalue weighted by atomic mass is 32.1. The molecule has 10 aromatic carbocycles. The molecule has 1 nitrogen and oxygen atoms in total. The molecule has 0 spiro atoms. The summed E-state index contributed by atoms with van der Waals surface area (Å²) in [6.45, 7) is 0. The third-order valence-corrected chi connectivity index (χ3v) is 12.1. The van der Waals surface area contributed by atoms with E-state index in [4.69, 9.17) is 0 Å². The van der Waals surface area contributed by atoms with Crippen LogP contribution in [0.15, 0.2) is 200 Å². The van der Waals surface area contributed by atoms with Crippen LogP contribution in [-0.2, 0) is 0 Å². The number of benzene rings is 10. The van der Waals surface area contributed by atoms with Crippen molar-refractivity contribution in [3.05, 3.63) is 200 Å². The van der Waals surface area contributed by atoms with Crippen molar-refractivity contribution in [2.45, 2.75) is 0 Å². The van der Waals surface area contributed by atoms with Crippen LogP contribution in [0.5, 0.6) is 0 Å². The number of nitrogens with zero attached hydrogens (tertiary/aromatic N) is 1. The van der Waals surface area contributed by atoms with E-state index < -0.39 is 0 Å². The summed E-state index contributed by atoms with van der Waals surface area (Å²) in [5, 5.41) is 12.8. The molecule has 2 heteroatoms. The van der Waals surface area contributed by atoms with Crippen LogP contribution in [0.3, 0.4) is 0 Å². The van der Waals surface area contributed by atoms with Gasteiger partial charge in [0.25, 0.3) is 0 Å². The summed E-state index contributed by atoms with van der Waals surface area (Å²) in [4.78, 5) is 2.44. The van der Waals surface area contributed by atoms with Gasteiger partial charge in [0.2, 0.25) is 0 Å². The summed E-state index contributed by atoms with van der Waals surface area (Å²) in [6, 6.07) is 73.5. The molecule has 0 aliphatic heterocycles. The van der Waals surface area contributed by atoms with Crippen molar-refractivity contribution in [1.29, 1.82) is 0 Å². The first-order valence-corrected chi connectivity index (χ1v) is 19.3. The van der Waals surface area contributed by atoms with Gasteiger partial charge in [0, 0.05) is 31.5 Å². The predicted octanol–water partition coefficient (Wildman–Crippen LogP) is 15.5. The van der Waals surface area contributed by atoms with E-state index in [0.717, 1.165) is 11.4 Å². The SMILES string of the molecule is c1ccc(-c2ccc(N(c3cccc(-c4ccc5ccc6ccc7ccc8ccccc8c7c6c5c4)c3)c3cccc4sc5ccccc5c34)cc2)cc1. The van der Waals surface area contributed by atoms with Crippen molar-refractivity contribution < 1.29 is 0 Å². The summed E-state index contributed by atoms with van der Waals surface area (Å²) in [5.41, 5.74) is 8.23. The smallest absolute Gasteiger partial charge is 0.0554 e. The Morgan fingerprint density at radius 1 is 0.296 bits per heavy atom. The molecule has 252 valence electrons. The third-order valence-electron chi connectivity index (χ3n) is 11.0. The Bertz CT molecular complexity index is 3200. The molecule has 0 N–H and O–H groups in total. The predicted molar refractivity (Wildman–Crippen MR) is 235 cm³/mol. The lowest BCUT2D eigenvalue weighted by Crippen LogP contribution is -2.10. The molecule has 0 saturated heterocycles. The average Bonchev–Trinajstić information content (AvgIpc) is 3.63. The quantitative estimate of drug-likeness (QED) is 0.161. The van der Waals surface area contributed by atoms with Gasteiger partial charge in [0.15, 0.2) is 0 Å². The fraction of sp³-hybridized carbons (Fsp3) is 0. The Morgan fingerprint density at radius 2 is 0.852 bits per heavy atom. The second kappa shape index (κ2) is 12.4. The second-order valence-electron chi connectivity index (χ2n) is 14.1. The lowest BCUT2D eigenvalue weighted by Gasteiger charge is -2.27. The number of hydrogen-bond donors (Lipinski definition) is 0. The van der Waals surface area contributed by atoms with Crippen molar-refractivity contribution in [3.63, 3.8) is 0 Å². The molecule has 11 rings (SSSR count). The van der Waals surface area contributed by atoms with Crippen molar-refractivity contribution in [1.82, 2.24) is 0 Å². The van der Waals surface area contributed by atoms with E-state index in [9.17, 15) is 0 Å². The zero-order valence-electron chi connectivity index (χ0n) is 29.4. The summed E-state index contributed by atoms with van der Waals surface area (Å²) in [7, 11) is 0. The summed E-state index contributed by atoms with van der Waals surface area (Å²) in [5.74, 6) is 0. The molecule has 0 atom stereocenters. The number of hydrogen-bond acceptors (Lipinski definition) is 2. The maximum Gasteiger partial charge on any atom is 0.0554 e. The van der Waals surface area contributed by atoms with Crippen LogP contribution in [0.2, 0.25) is 0 Å².